The first-order chi connectivity index (χ1) is 9.90. The zero-order valence-corrected chi connectivity index (χ0v) is 11.4. The SMILES string of the molecule is C1=CC2CC1CC2CNc1ccccc1-n1ccnc1. The van der Waals surface area contributed by atoms with Crippen LogP contribution in [0.2, 0.25) is 0 Å². The van der Waals surface area contributed by atoms with Crippen LogP contribution in [-0.4, -0.2) is 16.1 Å². The molecular formula is C17H19N3. The number of imidazole rings is 1. The molecule has 3 unspecified atom stereocenters. The standard InChI is InChI=1S/C17H19N3/c1-2-4-17(20-8-7-18-12-20)16(3-1)19-11-15-10-13-5-6-14(15)9-13/h1-8,12-15,19H,9-11H2. The minimum Gasteiger partial charge on any atom is -0.383 e. The molecule has 0 aliphatic heterocycles. The Morgan fingerprint density at radius 2 is 2.15 bits per heavy atom. The first-order valence-corrected chi connectivity index (χ1v) is 7.40. The van der Waals surface area contributed by atoms with Gasteiger partial charge in [0.2, 0.25) is 0 Å². The van der Waals surface area contributed by atoms with Gasteiger partial charge in [-0.2, -0.15) is 0 Å². The van der Waals surface area contributed by atoms with Crippen LogP contribution in [0.4, 0.5) is 5.69 Å². The van der Waals surface area contributed by atoms with Gasteiger partial charge >= 0.3 is 0 Å². The Kier molecular flexibility index (Phi) is 2.84. The number of benzene rings is 1. The lowest BCUT2D eigenvalue weighted by Crippen LogP contribution is -2.18. The second-order valence-corrected chi connectivity index (χ2v) is 5.91. The van der Waals surface area contributed by atoms with Gasteiger partial charge in [-0.05, 0) is 42.7 Å². The molecule has 0 radical (unpaired) electrons. The second-order valence-electron chi connectivity index (χ2n) is 5.91. The predicted molar refractivity (Wildman–Crippen MR) is 80.9 cm³/mol. The highest BCUT2D eigenvalue weighted by Crippen LogP contribution is 2.43. The van der Waals surface area contributed by atoms with Crippen LogP contribution in [0.25, 0.3) is 5.69 Å². The molecule has 0 amide bonds. The van der Waals surface area contributed by atoms with E-state index in [0.29, 0.717) is 0 Å². The highest BCUT2D eigenvalue weighted by atomic mass is 15.1. The van der Waals surface area contributed by atoms with Crippen LogP contribution >= 0.6 is 0 Å². The van der Waals surface area contributed by atoms with E-state index in [2.05, 4.69) is 51.3 Å². The quantitative estimate of drug-likeness (QED) is 0.857. The van der Waals surface area contributed by atoms with Gasteiger partial charge in [0.1, 0.15) is 0 Å². The van der Waals surface area contributed by atoms with Crippen molar-refractivity contribution in [3.05, 3.63) is 55.1 Å². The van der Waals surface area contributed by atoms with Crippen molar-refractivity contribution in [1.29, 1.82) is 0 Å². The molecule has 20 heavy (non-hydrogen) atoms. The van der Waals surface area contributed by atoms with Crippen molar-refractivity contribution in [3.8, 4) is 5.69 Å². The van der Waals surface area contributed by atoms with Crippen LogP contribution < -0.4 is 5.32 Å². The smallest absolute Gasteiger partial charge is 0.0992 e. The molecule has 2 aliphatic rings. The summed E-state index contributed by atoms with van der Waals surface area (Å²) in [6.07, 6.45) is 13.2. The van der Waals surface area contributed by atoms with E-state index in [0.717, 1.165) is 24.3 Å². The lowest BCUT2D eigenvalue weighted by Gasteiger charge is -2.20. The van der Waals surface area contributed by atoms with Crippen LogP contribution in [0.3, 0.4) is 0 Å². The molecule has 1 heterocycles. The van der Waals surface area contributed by atoms with E-state index in [4.69, 9.17) is 0 Å². The number of allylic oxidation sites excluding steroid dienone is 2. The fraction of sp³-hybridized carbons (Fsp3) is 0.353. The van der Waals surface area contributed by atoms with Crippen LogP contribution in [-0.2, 0) is 0 Å². The van der Waals surface area contributed by atoms with Gasteiger partial charge in [0.25, 0.3) is 0 Å². The van der Waals surface area contributed by atoms with E-state index in [-0.39, 0.29) is 0 Å². The zero-order chi connectivity index (χ0) is 13.4. The summed E-state index contributed by atoms with van der Waals surface area (Å²) in [4.78, 5) is 4.13. The molecule has 2 aliphatic carbocycles. The van der Waals surface area contributed by atoms with E-state index >= 15 is 0 Å². The number of anilines is 1. The molecule has 4 rings (SSSR count). The number of rotatable bonds is 4. The van der Waals surface area contributed by atoms with Gasteiger partial charge in [-0.15, -0.1) is 0 Å². The normalized spacial score (nSPS) is 27.1. The third-order valence-electron chi connectivity index (χ3n) is 4.66. The molecule has 2 aromatic rings. The number of nitrogens with zero attached hydrogens (tertiary/aromatic N) is 2. The third kappa shape index (κ3) is 2.03. The van der Waals surface area contributed by atoms with Crippen molar-refractivity contribution in [2.24, 2.45) is 17.8 Å². The fourth-order valence-corrected chi connectivity index (χ4v) is 3.62. The summed E-state index contributed by atoms with van der Waals surface area (Å²) < 4.78 is 2.06. The van der Waals surface area contributed by atoms with E-state index in [1.165, 1.54) is 24.2 Å². The molecule has 3 nitrogen and oxygen atoms in total. The van der Waals surface area contributed by atoms with Crippen molar-refractivity contribution in [1.82, 2.24) is 9.55 Å². The van der Waals surface area contributed by atoms with Crippen LogP contribution in [0.1, 0.15) is 12.8 Å². The summed E-state index contributed by atoms with van der Waals surface area (Å²) >= 11 is 0. The van der Waals surface area contributed by atoms with Crippen molar-refractivity contribution in [2.45, 2.75) is 12.8 Å². The number of nitrogens with one attached hydrogen (secondary N) is 1. The maximum absolute atomic E-state index is 4.13. The summed E-state index contributed by atoms with van der Waals surface area (Å²) in [6.45, 7) is 1.07. The lowest BCUT2D eigenvalue weighted by molar-refractivity contribution is 0.472. The molecule has 1 aromatic carbocycles. The predicted octanol–water partition coefficient (Wildman–Crippen LogP) is 3.50. The summed E-state index contributed by atoms with van der Waals surface area (Å²) in [6, 6.07) is 8.44. The third-order valence-corrected chi connectivity index (χ3v) is 4.66. The van der Waals surface area contributed by atoms with Crippen LogP contribution in [0.15, 0.2) is 55.1 Å². The molecule has 1 aromatic heterocycles. The summed E-state index contributed by atoms with van der Waals surface area (Å²) in [5.41, 5.74) is 2.36. The monoisotopic (exact) mass is 265 g/mol. The highest BCUT2D eigenvalue weighted by molar-refractivity contribution is 5.61. The van der Waals surface area contributed by atoms with Gasteiger partial charge in [-0.1, -0.05) is 24.3 Å². The molecule has 102 valence electrons. The molecule has 2 bridgehead atoms. The fourth-order valence-electron chi connectivity index (χ4n) is 3.62. The minimum atomic E-state index is 0.792. The van der Waals surface area contributed by atoms with E-state index in [9.17, 15) is 0 Å². The maximum atomic E-state index is 4.13. The number of fused-ring (bicyclic) bond motifs is 2. The van der Waals surface area contributed by atoms with E-state index in [1.54, 1.807) is 0 Å². The lowest BCUT2D eigenvalue weighted by atomic mass is 9.93. The minimum absolute atomic E-state index is 0.792. The van der Waals surface area contributed by atoms with Crippen molar-refractivity contribution < 1.29 is 0 Å². The number of aromatic nitrogens is 2. The summed E-state index contributed by atoms with van der Waals surface area (Å²) in [5, 5.41) is 3.65. The molecule has 3 heteroatoms. The number of hydrogen-bond donors (Lipinski definition) is 1. The summed E-state index contributed by atoms with van der Waals surface area (Å²) in [7, 11) is 0. The molecule has 1 fully saturated rings. The van der Waals surface area contributed by atoms with Crippen LogP contribution in [0, 0.1) is 17.8 Å². The van der Waals surface area contributed by atoms with Gasteiger partial charge in [-0.25, -0.2) is 4.98 Å². The summed E-state index contributed by atoms with van der Waals surface area (Å²) in [5.74, 6) is 2.43. The number of hydrogen-bond acceptors (Lipinski definition) is 2. The van der Waals surface area contributed by atoms with E-state index in [1.807, 2.05) is 18.7 Å². The molecule has 1 N–H and O–H groups in total. The number of para-hydroxylation sites is 2. The average molecular weight is 265 g/mol. The molecule has 0 spiro atoms. The maximum Gasteiger partial charge on any atom is 0.0992 e. The highest BCUT2D eigenvalue weighted by Gasteiger charge is 2.35. The van der Waals surface area contributed by atoms with Gasteiger partial charge in [-0.3, -0.25) is 0 Å². The Morgan fingerprint density at radius 1 is 1.20 bits per heavy atom. The largest absolute Gasteiger partial charge is 0.383 e. The Bertz CT molecular complexity index is 615. The van der Waals surface area contributed by atoms with E-state index < -0.39 is 0 Å². The van der Waals surface area contributed by atoms with Gasteiger partial charge in [0, 0.05) is 18.9 Å². The van der Waals surface area contributed by atoms with Crippen LogP contribution in [0.5, 0.6) is 0 Å². The topological polar surface area (TPSA) is 29.9 Å². The Morgan fingerprint density at radius 3 is 2.90 bits per heavy atom. The second kappa shape index (κ2) is 4.82. The molecule has 1 saturated carbocycles. The van der Waals surface area contributed by atoms with Crippen molar-refractivity contribution >= 4 is 5.69 Å². The van der Waals surface area contributed by atoms with Crippen molar-refractivity contribution in [2.75, 3.05) is 11.9 Å². The zero-order valence-electron chi connectivity index (χ0n) is 11.4. The Hall–Kier alpha value is -2.03. The van der Waals surface area contributed by atoms with Gasteiger partial charge in [0.05, 0.1) is 17.7 Å². The average Bonchev–Trinajstić information content (AvgIpc) is 3.22. The molecular weight excluding hydrogens is 246 g/mol. The molecule has 0 saturated heterocycles. The van der Waals surface area contributed by atoms with Gasteiger partial charge < -0.3 is 9.88 Å². The first kappa shape index (κ1) is 11.8. The molecule has 3 atom stereocenters. The van der Waals surface area contributed by atoms with Gasteiger partial charge in [0.15, 0.2) is 0 Å². The first-order valence-electron chi connectivity index (χ1n) is 7.40. The van der Waals surface area contributed by atoms with Crippen molar-refractivity contribution in [3.63, 3.8) is 0 Å². The Labute approximate surface area is 119 Å². The Balaban J connectivity index is 1.50.